The van der Waals surface area contributed by atoms with Gasteiger partial charge in [-0.15, -0.1) is 0 Å². The second kappa shape index (κ2) is 10.3. The number of rotatable bonds is 3. The van der Waals surface area contributed by atoms with Crippen LogP contribution in [0.25, 0.3) is 5.65 Å². The Hall–Kier alpha value is -3.40. The Balaban J connectivity index is 0.000000556. The minimum Gasteiger partial charge on any atom is -0.391 e. The fourth-order valence-electron chi connectivity index (χ4n) is 4.36. The smallest absolute Gasteiger partial charge is 0.391 e. The minimum atomic E-state index is -4.67. The van der Waals surface area contributed by atoms with Crippen LogP contribution in [0.3, 0.4) is 0 Å². The van der Waals surface area contributed by atoms with E-state index in [1.54, 1.807) is 21.7 Å². The van der Waals surface area contributed by atoms with E-state index < -0.39 is 28.1 Å². The van der Waals surface area contributed by atoms with Crippen LogP contribution < -0.4 is 10.2 Å². The highest BCUT2D eigenvalue weighted by Crippen LogP contribution is 2.37. The molecular weight excluding hydrogens is 502 g/mol. The van der Waals surface area contributed by atoms with Gasteiger partial charge in [-0.1, -0.05) is 0 Å². The van der Waals surface area contributed by atoms with Crippen molar-refractivity contribution in [3.63, 3.8) is 0 Å². The molecule has 194 valence electrons. The molecule has 2 aliphatic heterocycles. The lowest BCUT2D eigenvalue weighted by Crippen LogP contribution is -2.33. The molecule has 2 atom stereocenters. The van der Waals surface area contributed by atoms with E-state index in [2.05, 4.69) is 15.4 Å². The van der Waals surface area contributed by atoms with Crippen LogP contribution in [0.2, 0.25) is 0 Å². The molecule has 15 heteroatoms. The van der Waals surface area contributed by atoms with Gasteiger partial charge in [0, 0.05) is 31.4 Å². The first-order valence-corrected chi connectivity index (χ1v) is 12.4. The van der Waals surface area contributed by atoms with E-state index in [1.165, 1.54) is 12.3 Å². The van der Waals surface area contributed by atoms with E-state index in [1.807, 2.05) is 4.90 Å². The first-order chi connectivity index (χ1) is 17.0. The molecule has 2 aliphatic rings. The second-order valence-electron chi connectivity index (χ2n) is 8.40. The van der Waals surface area contributed by atoms with E-state index >= 15 is 0 Å². The third-order valence-electron chi connectivity index (χ3n) is 5.91. The van der Waals surface area contributed by atoms with Gasteiger partial charge in [-0.3, -0.25) is 9.11 Å². The zero-order chi connectivity index (χ0) is 26.0. The van der Waals surface area contributed by atoms with E-state index in [0.717, 1.165) is 18.6 Å². The zero-order valence-corrected chi connectivity index (χ0v) is 19.6. The number of anilines is 2. The predicted molar refractivity (Wildman–Crippen MR) is 124 cm³/mol. The Morgan fingerprint density at radius 3 is 2.58 bits per heavy atom. The SMILES string of the molecule is O=C(Nc1cnn2ccc(N3CCC[C@H]3c3cc(F)ccc3F)nc12)N1CC[C@@H](O)C1.O=S(=O)(O)O. The molecule has 1 aromatic carbocycles. The van der Waals surface area contributed by atoms with Crippen molar-refractivity contribution >= 4 is 33.6 Å². The first kappa shape index (κ1) is 25.7. The van der Waals surface area contributed by atoms with Crippen LogP contribution in [0.5, 0.6) is 0 Å². The molecule has 0 radical (unpaired) electrons. The average molecular weight is 527 g/mol. The highest BCUT2D eigenvalue weighted by molar-refractivity contribution is 7.79. The van der Waals surface area contributed by atoms with E-state index in [4.69, 9.17) is 17.5 Å². The number of nitrogens with zero attached hydrogens (tertiary/aromatic N) is 5. The number of aromatic nitrogens is 3. The number of hydrogen-bond donors (Lipinski definition) is 4. The van der Waals surface area contributed by atoms with Crippen LogP contribution in [0.15, 0.2) is 36.7 Å². The van der Waals surface area contributed by atoms with Crippen LogP contribution in [0, 0.1) is 11.6 Å². The molecule has 4 N–H and O–H groups in total. The molecule has 2 saturated heterocycles. The quantitative estimate of drug-likeness (QED) is 0.375. The van der Waals surface area contributed by atoms with Gasteiger partial charge in [-0.25, -0.2) is 23.1 Å². The summed E-state index contributed by atoms with van der Waals surface area (Å²) >= 11 is 0. The highest BCUT2D eigenvalue weighted by Gasteiger charge is 2.30. The molecule has 4 heterocycles. The Labute approximate surface area is 204 Å². The molecule has 0 saturated carbocycles. The van der Waals surface area contributed by atoms with Crippen LogP contribution in [-0.4, -0.2) is 73.9 Å². The summed E-state index contributed by atoms with van der Waals surface area (Å²) in [4.78, 5) is 20.7. The molecule has 0 aliphatic carbocycles. The van der Waals surface area contributed by atoms with Gasteiger partial charge in [0.05, 0.1) is 18.3 Å². The highest BCUT2D eigenvalue weighted by atomic mass is 32.3. The molecule has 2 fully saturated rings. The molecule has 2 amide bonds. The molecule has 0 bridgehead atoms. The summed E-state index contributed by atoms with van der Waals surface area (Å²) in [5.41, 5.74) is 1.21. The summed E-state index contributed by atoms with van der Waals surface area (Å²) in [6.07, 6.45) is 4.81. The Kier molecular flexibility index (Phi) is 7.35. The van der Waals surface area contributed by atoms with Crippen molar-refractivity contribution in [1.29, 1.82) is 0 Å². The van der Waals surface area contributed by atoms with Gasteiger partial charge >= 0.3 is 16.4 Å². The van der Waals surface area contributed by atoms with Gasteiger partial charge in [-0.05, 0) is 43.5 Å². The normalized spacial score (nSPS) is 19.9. The largest absolute Gasteiger partial charge is 0.394 e. The molecule has 5 rings (SSSR count). The molecular formula is C21H24F2N6O6S. The van der Waals surface area contributed by atoms with E-state index in [0.29, 0.717) is 55.2 Å². The molecule has 12 nitrogen and oxygen atoms in total. The van der Waals surface area contributed by atoms with Crippen molar-refractivity contribution < 1.29 is 36.2 Å². The standard InChI is InChI=1S/C21H22F2N6O2.H2O4S/c22-13-3-4-16(23)15(10-13)18-2-1-7-28(18)19-6-9-29-20(26-19)17(11-24-29)25-21(31)27-8-5-14(30)12-27;1-5(2,3)4/h3-4,6,9-11,14,18,30H,1-2,5,7-8,12H2,(H,25,31);(H2,1,2,3,4)/t14-,18+;/m1./s1. The van der Waals surface area contributed by atoms with E-state index in [9.17, 15) is 18.7 Å². The fourth-order valence-corrected chi connectivity index (χ4v) is 4.36. The maximum Gasteiger partial charge on any atom is 0.394 e. The minimum absolute atomic E-state index is 0.290. The number of carbonyl (C=O) groups is 1. The monoisotopic (exact) mass is 526 g/mol. The van der Waals surface area contributed by atoms with Crippen LogP contribution in [0.1, 0.15) is 30.9 Å². The van der Waals surface area contributed by atoms with Gasteiger partial charge in [0.15, 0.2) is 5.65 Å². The Morgan fingerprint density at radius 1 is 1.14 bits per heavy atom. The number of fused-ring (bicyclic) bond motifs is 1. The van der Waals surface area contributed by atoms with Crippen molar-refractivity contribution in [2.75, 3.05) is 29.9 Å². The van der Waals surface area contributed by atoms with Gasteiger partial charge in [0.2, 0.25) is 0 Å². The molecule has 3 aromatic rings. The number of aliphatic hydroxyl groups excluding tert-OH is 1. The van der Waals surface area contributed by atoms with Gasteiger partial charge in [0.25, 0.3) is 0 Å². The number of carbonyl (C=O) groups excluding carboxylic acids is 1. The number of aliphatic hydroxyl groups is 1. The summed E-state index contributed by atoms with van der Waals surface area (Å²) in [6, 6.07) is 4.64. The number of β-amino-alcohol motifs (C(OH)–C–C–N with tert-alkyl or cyclic N) is 1. The summed E-state index contributed by atoms with van der Waals surface area (Å²) in [5.74, 6) is -0.310. The summed E-state index contributed by atoms with van der Waals surface area (Å²) < 4.78 is 61.3. The van der Waals surface area contributed by atoms with Gasteiger partial charge < -0.3 is 20.2 Å². The number of benzene rings is 1. The molecule has 36 heavy (non-hydrogen) atoms. The van der Waals surface area contributed by atoms with Crippen molar-refractivity contribution in [3.8, 4) is 0 Å². The van der Waals surface area contributed by atoms with Crippen LogP contribution in [-0.2, 0) is 10.4 Å². The number of nitrogens with one attached hydrogen (secondary N) is 1. The third kappa shape index (κ3) is 6.04. The van der Waals surface area contributed by atoms with Crippen LogP contribution in [0.4, 0.5) is 25.1 Å². The number of urea groups is 1. The Morgan fingerprint density at radius 2 is 1.89 bits per heavy atom. The Bertz CT molecular complexity index is 1360. The predicted octanol–water partition coefficient (Wildman–Crippen LogP) is 2.29. The lowest BCUT2D eigenvalue weighted by Gasteiger charge is -2.26. The van der Waals surface area contributed by atoms with Crippen LogP contribution >= 0.6 is 0 Å². The van der Waals surface area contributed by atoms with E-state index in [-0.39, 0.29) is 12.1 Å². The van der Waals surface area contributed by atoms with Gasteiger partial charge in [-0.2, -0.15) is 13.5 Å². The van der Waals surface area contributed by atoms with Crippen molar-refractivity contribution in [2.24, 2.45) is 0 Å². The van der Waals surface area contributed by atoms with Crippen molar-refractivity contribution in [2.45, 2.75) is 31.4 Å². The lowest BCUT2D eigenvalue weighted by molar-refractivity contribution is 0.176. The zero-order valence-electron chi connectivity index (χ0n) is 18.8. The number of halogens is 2. The topological polar surface area (TPSA) is 161 Å². The average Bonchev–Trinajstić information content (AvgIpc) is 3.54. The third-order valence-corrected chi connectivity index (χ3v) is 5.91. The number of amides is 2. The van der Waals surface area contributed by atoms with Crippen molar-refractivity contribution in [1.82, 2.24) is 19.5 Å². The lowest BCUT2D eigenvalue weighted by atomic mass is 10.0. The molecule has 2 aromatic heterocycles. The van der Waals surface area contributed by atoms with Crippen molar-refractivity contribution in [3.05, 3.63) is 53.9 Å². The number of likely N-dealkylation sites (tertiary alicyclic amines) is 1. The first-order valence-electron chi connectivity index (χ1n) is 11.0. The maximum atomic E-state index is 14.4. The number of hydrogen-bond acceptors (Lipinski definition) is 7. The van der Waals surface area contributed by atoms with Gasteiger partial charge in [0.1, 0.15) is 23.1 Å². The fraction of sp³-hybridized carbons (Fsp3) is 0.381. The molecule has 0 spiro atoms. The second-order valence-corrected chi connectivity index (χ2v) is 9.29. The summed E-state index contributed by atoms with van der Waals surface area (Å²) in [7, 11) is -4.67. The molecule has 0 unspecified atom stereocenters. The summed E-state index contributed by atoms with van der Waals surface area (Å²) in [6.45, 7) is 1.43. The maximum absolute atomic E-state index is 14.4. The summed E-state index contributed by atoms with van der Waals surface area (Å²) in [5, 5.41) is 16.7.